The molecule has 0 aliphatic carbocycles. The van der Waals surface area contributed by atoms with E-state index in [4.69, 9.17) is 9.84 Å². The quantitative estimate of drug-likeness (QED) is 0.774. The summed E-state index contributed by atoms with van der Waals surface area (Å²) < 4.78 is 18.5. The van der Waals surface area contributed by atoms with Crippen LogP contribution in [0.1, 0.15) is 25.3 Å². The molecule has 3 nitrogen and oxygen atoms in total. The molecule has 0 spiro atoms. The molecule has 0 unspecified atom stereocenters. The Balaban J connectivity index is 2.74. The van der Waals surface area contributed by atoms with Gasteiger partial charge in [-0.2, -0.15) is 0 Å². The summed E-state index contributed by atoms with van der Waals surface area (Å²) in [7, 11) is 1.58. The predicted molar refractivity (Wildman–Crippen MR) is 70.2 cm³/mol. The molecule has 1 rings (SSSR count). The van der Waals surface area contributed by atoms with Crippen LogP contribution in [0.3, 0.4) is 0 Å². The van der Waals surface area contributed by atoms with Gasteiger partial charge in [0.25, 0.3) is 0 Å². The second-order valence-electron chi connectivity index (χ2n) is 4.31. The van der Waals surface area contributed by atoms with Crippen LogP contribution in [-0.2, 0) is 6.54 Å². The van der Waals surface area contributed by atoms with Gasteiger partial charge in [0.2, 0.25) is 0 Å². The number of benzene rings is 1. The summed E-state index contributed by atoms with van der Waals surface area (Å²) in [6, 6.07) is 4.53. The standard InChI is InChI=1S/C14H22FNO2/c1-3-4-7-16(8-9-17)11-12-10-13(15)5-6-14(12)18-2/h5-6,10,17H,3-4,7-9,11H2,1-2H3. The third-order valence-electron chi connectivity index (χ3n) is 2.88. The first-order chi connectivity index (χ1) is 8.71. The summed E-state index contributed by atoms with van der Waals surface area (Å²) in [5.74, 6) is 0.432. The Bertz CT molecular complexity index is 358. The molecule has 0 aliphatic heterocycles. The van der Waals surface area contributed by atoms with Crippen LogP contribution in [0.2, 0.25) is 0 Å². The average molecular weight is 255 g/mol. The van der Waals surface area contributed by atoms with Crippen LogP contribution in [-0.4, -0.2) is 36.8 Å². The number of ether oxygens (including phenoxy) is 1. The summed E-state index contributed by atoms with van der Waals surface area (Å²) in [6.07, 6.45) is 2.17. The topological polar surface area (TPSA) is 32.7 Å². The third-order valence-corrected chi connectivity index (χ3v) is 2.88. The Hall–Kier alpha value is -1.13. The van der Waals surface area contributed by atoms with Crippen molar-refractivity contribution < 1.29 is 14.2 Å². The van der Waals surface area contributed by atoms with Crippen LogP contribution >= 0.6 is 0 Å². The zero-order valence-corrected chi connectivity index (χ0v) is 11.2. The zero-order chi connectivity index (χ0) is 13.4. The van der Waals surface area contributed by atoms with Crippen molar-refractivity contribution in [1.29, 1.82) is 0 Å². The van der Waals surface area contributed by atoms with E-state index in [9.17, 15) is 4.39 Å². The summed E-state index contributed by atoms with van der Waals surface area (Å²) in [6.45, 7) is 4.33. The Labute approximate surface area is 108 Å². The van der Waals surface area contributed by atoms with E-state index in [1.165, 1.54) is 12.1 Å². The molecule has 102 valence electrons. The Morgan fingerprint density at radius 2 is 2.11 bits per heavy atom. The minimum atomic E-state index is -0.259. The molecule has 0 aliphatic rings. The molecule has 0 atom stereocenters. The number of aliphatic hydroxyl groups is 1. The first kappa shape index (κ1) is 14.9. The number of aliphatic hydroxyl groups excluding tert-OH is 1. The van der Waals surface area contributed by atoms with Crippen LogP contribution in [0, 0.1) is 5.82 Å². The largest absolute Gasteiger partial charge is 0.496 e. The van der Waals surface area contributed by atoms with Gasteiger partial charge in [-0.15, -0.1) is 0 Å². The lowest BCUT2D eigenvalue weighted by atomic mass is 10.1. The van der Waals surface area contributed by atoms with Crippen LogP contribution < -0.4 is 4.74 Å². The van der Waals surface area contributed by atoms with Crippen LogP contribution in [0.4, 0.5) is 4.39 Å². The smallest absolute Gasteiger partial charge is 0.123 e. The van der Waals surface area contributed by atoms with Gasteiger partial charge in [-0.05, 0) is 31.2 Å². The van der Waals surface area contributed by atoms with Crippen LogP contribution in [0.25, 0.3) is 0 Å². The van der Waals surface area contributed by atoms with Crippen LogP contribution in [0.5, 0.6) is 5.75 Å². The highest BCUT2D eigenvalue weighted by Gasteiger charge is 2.10. The molecule has 1 aromatic carbocycles. The fourth-order valence-electron chi connectivity index (χ4n) is 1.90. The van der Waals surface area contributed by atoms with Gasteiger partial charge in [-0.3, -0.25) is 4.90 Å². The first-order valence-electron chi connectivity index (χ1n) is 6.36. The van der Waals surface area contributed by atoms with Crippen molar-refractivity contribution in [2.75, 3.05) is 26.8 Å². The van der Waals surface area contributed by atoms with Gasteiger partial charge in [0.1, 0.15) is 11.6 Å². The van der Waals surface area contributed by atoms with Crippen molar-refractivity contribution in [3.8, 4) is 5.75 Å². The lowest BCUT2D eigenvalue weighted by Crippen LogP contribution is -2.27. The normalized spacial score (nSPS) is 10.9. The minimum absolute atomic E-state index is 0.112. The lowest BCUT2D eigenvalue weighted by Gasteiger charge is -2.22. The monoisotopic (exact) mass is 255 g/mol. The van der Waals surface area contributed by atoms with Crippen LogP contribution in [0.15, 0.2) is 18.2 Å². The maximum absolute atomic E-state index is 13.2. The minimum Gasteiger partial charge on any atom is -0.496 e. The van der Waals surface area contributed by atoms with E-state index in [-0.39, 0.29) is 12.4 Å². The number of hydrogen-bond acceptors (Lipinski definition) is 3. The van der Waals surface area contributed by atoms with Gasteiger partial charge in [-0.1, -0.05) is 13.3 Å². The molecule has 0 aromatic heterocycles. The van der Waals surface area contributed by atoms with Crippen molar-refractivity contribution in [2.45, 2.75) is 26.3 Å². The van der Waals surface area contributed by atoms with Gasteiger partial charge in [0.05, 0.1) is 13.7 Å². The van der Waals surface area contributed by atoms with E-state index in [0.717, 1.165) is 24.9 Å². The molecular weight excluding hydrogens is 233 g/mol. The zero-order valence-electron chi connectivity index (χ0n) is 11.2. The predicted octanol–water partition coefficient (Wildman–Crippen LogP) is 2.43. The summed E-state index contributed by atoms with van der Waals surface area (Å²) >= 11 is 0. The van der Waals surface area contributed by atoms with E-state index in [1.807, 2.05) is 0 Å². The molecule has 0 amide bonds. The maximum Gasteiger partial charge on any atom is 0.123 e. The van der Waals surface area contributed by atoms with Crippen molar-refractivity contribution in [3.05, 3.63) is 29.6 Å². The number of rotatable bonds is 8. The molecule has 0 saturated carbocycles. The lowest BCUT2D eigenvalue weighted by molar-refractivity contribution is 0.187. The van der Waals surface area contributed by atoms with E-state index in [1.54, 1.807) is 13.2 Å². The average Bonchev–Trinajstić information content (AvgIpc) is 2.36. The van der Waals surface area contributed by atoms with Gasteiger partial charge in [0, 0.05) is 18.7 Å². The van der Waals surface area contributed by atoms with E-state index >= 15 is 0 Å². The van der Waals surface area contributed by atoms with E-state index in [2.05, 4.69) is 11.8 Å². The second-order valence-corrected chi connectivity index (χ2v) is 4.31. The number of halogens is 1. The first-order valence-corrected chi connectivity index (χ1v) is 6.36. The Kier molecular flexibility index (Phi) is 6.68. The number of methoxy groups -OCH3 is 1. The van der Waals surface area contributed by atoms with E-state index in [0.29, 0.717) is 18.8 Å². The highest BCUT2D eigenvalue weighted by molar-refractivity contribution is 5.33. The van der Waals surface area contributed by atoms with Gasteiger partial charge >= 0.3 is 0 Å². The van der Waals surface area contributed by atoms with Gasteiger partial charge in [-0.25, -0.2) is 4.39 Å². The molecule has 1 aromatic rings. The molecule has 0 radical (unpaired) electrons. The van der Waals surface area contributed by atoms with Crippen molar-refractivity contribution in [2.24, 2.45) is 0 Å². The molecule has 4 heteroatoms. The number of unbranched alkanes of at least 4 members (excludes halogenated alkanes) is 1. The second kappa shape index (κ2) is 8.06. The van der Waals surface area contributed by atoms with Crippen molar-refractivity contribution in [1.82, 2.24) is 4.90 Å². The molecule has 0 heterocycles. The SMILES string of the molecule is CCCCN(CCO)Cc1cc(F)ccc1OC. The molecule has 0 fully saturated rings. The molecule has 0 saturated heterocycles. The highest BCUT2D eigenvalue weighted by Crippen LogP contribution is 2.21. The summed E-state index contributed by atoms with van der Waals surface area (Å²) in [5.41, 5.74) is 0.821. The van der Waals surface area contributed by atoms with Crippen molar-refractivity contribution in [3.63, 3.8) is 0 Å². The van der Waals surface area contributed by atoms with E-state index < -0.39 is 0 Å². The number of hydrogen-bond donors (Lipinski definition) is 1. The van der Waals surface area contributed by atoms with Gasteiger partial charge < -0.3 is 9.84 Å². The molecule has 1 N–H and O–H groups in total. The summed E-state index contributed by atoms with van der Waals surface area (Å²) in [5, 5.41) is 9.05. The molecule has 0 bridgehead atoms. The fraction of sp³-hybridized carbons (Fsp3) is 0.571. The molecule has 18 heavy (non-hydrogen) atoms. The fourth-order valence-corrected chi connectivity index (χ4v) is 1.90. The highest BCUT2D eigenvalue weighted by atomic mass is 19.1. The Morgan fingerprint density at radius 1 is 1.33 bits per heavy atom. The Morgan fingerprint density at radius 3 is 2.72 bits per heavy atom. The van der Waals surface area contributed by atoms with Crippen molar-refractivity contribution >= 4 is 0 Å². The van der Waals surface area contributed by atoms with Gasteiger partial charge in [0.15, 0.2) is 0 Å². The number of nitrogens with zero attached hydrogens (tertiary/aromatic N) is 1. The third kappa shape index (κ3) is 4.63. The summed E-state index contributed by atoms with van der Waals surface area (Å²) in [4.78, 5) is 2.11. The molecular formula is C14H22FNO2. The maximum atomic E-state index is 13.2.